The Balaban J connectivity index is 1.69. The Morgan fingerprint density at radius 3 is 2.61 bits per heavy atom. The number of hydrogen-bond donors (Lipinski definition) is 2. The van der Waals surface area contributed by atoms with E-state index in [2.05, 4.69) is 20.6 Å². The molecule has 3 aromatic rings. The molecule has 1 heterocycles. The molecule has 0 saturated carbocycles. The van der Waals surface area contributed by atoms with E-state index in [1.807, 2.05) is 12.1 Å². The first-order chi connectivity index (χ1) is 11.2. The number of nitrogens with zero attached hydrogens (tertiary/aromatic N) is 2. The van der Waals surface area contributed by atoms with Crippen molar-refractivity contribution < 1.29 is 4.39 Å². The summed E-state index contributed by atoms with van der Waals surface area (Å²) in [6.45, 7) is 0.348. The van der Waals surface area contributed by atoms with Crippen LogP contribution in [0.5, 0.6) is 0 Å². The largest absolute Gasteiger partial charge is 0.366 e. The average Bonchev–Trinajstić information content (AvgIpc) is 2.54. The van der Waals surface area contributed by atoms with E-state index in [0.29, 0.717) is 28.8 Å². The average molecular weight is 329 g/mol. The predicted molar refractivity (Wildman–Crippen MR) is 90.5 cm³/mol. The molecule has 0 unspecified atom stereocenters. The van der Waals surface area contributed by atoms with Gasteiger partial charge in [0, 0.05) is 28.9 Å². The molecule has 0 amide bonds. The first kappa shape index (κ1) is 15.2. The molecule has 116 valence electrons. The fourth-order valence-electron chi connectivity index (χ4n) is 2.06. The standard InChI is InChI=1S/C17H14ClFN4/c18-13-5-3-6-14(8-13)23-17-9-16(21-11-22-17)20-10-12-4-1-2-7-15(12)19/h1-9,11H,10H2,(H2,20,21,22,23). The van der Waals surface area contributed by atoms with E-state index in [1.54, 1.807) is 36.4 Å². The lowest BCUT2D eigenvalue weighted by molar-refractivity contribution is 0.613. The molecular formula is C17H14ClFN4. The van der Waals surface area contributed by atoms with Gasteiger partial charge in [-0.05, 0) is 24.3 Å². The molecule has 0 saturated heterocycles. The minimum atomic E-state index is -0.244. The van der Waals surface area contributed by atoms with Gasteiger partial charge in [0.2, 0.25) is 0 Å². The van der Waals surface area contributed by atoms with Gasteiger partial charge in [0.05, 0.1) is 0 Å². The zero-order chi connectivity index (χ0) is 16.1. The van der Waals surface area contributed by atoms with Crippen molar-refractivity contribution in [1.82, 2.24) is 9.97 Å². The van der Waals surface area contributed by atoms with Crippen molar-refractivity contribution in [2.24, 2.45) is 0 Å². The summed E-state index contributed by atoms with van der Waals surface area (Å²) < 4.78 is 13.6. The number of aromatic nitrogens is 2. The SMILES string of the molecule is Fc1ccccc1CNc1cc(Nc2cccc(Cl)c2)ncn1. The summed E-state index contributed by atoms with van der Waals surface area (Å²) >= 11 is 5.95. The van der Waals surface area contributed by atoms with Crippen LogP contribution >= 0.6 is 11.6 Å². The topological polar surface area (TPSA) is 49.8 Å². The first-order valence-corrected chi connectivity index (χ1v) is 7.40. The van der Waals surface area contributed by atoms with Crippen LogP contribution in [0.25, 0.3) is 0 Å². The summed E-state index contributed by atoms with van der Waals surface area (Å²) in [6, 6.07) is 15.7. The molecule has 0 radical (unpaired) electrons. The summed E-state index contributed by atoms with van der Waals surface area (Å²) in [4.78, 5) is 8.29. The van der Waals surface area contributed by atoms with Crippen molar-refractivity contribution >= 4 is 28.9 Å². The zero-order valence-corrected chi connectivity index (χ0v) is 12.9. The number of anilines is 3. The van der Waals surface area contributed by atoms with E-state index in [1.165, 1.54) is 12.4 Å². The first-order valence-electron chi connectivity index (χ1n) is 7.02. The molecule has 6 heteroatoms. The van der Waals surface area contributed by atoms with Crippen LogP contribution in [0.1, 0.15) is 5.56 Å². The Morgan fingerprint density at radius 1 is 0.957 bits per heavy atom. The van der Waals surface area contributed by atoms with Crippen LogP contribution in [0.3, 0.4) is 0 Å². The number of rotatable bonds is 5. The molecule has 0 spiro atoms. The molecule has 4 nitrogen and oxygen atoms in total. The van der Waals surface area contributed by atoms with E-state index in [9.17, 15) is 4.39 Å². The highest BCUT2D eigenvalue weighted by molar-refractivity contribution is 6.30. The highest BCUT2D eigenvalue weighted by Gasteiger charge is 2.03. The Bertz CT molecular complexity index is 810. The Kier molecular flexibility index (Phi) is 4.68. The molecule has 23 heavy (non-hydrogen) atoms. The smallest absolute Gasteiger partial charge is 0.135 e. The molecule has 0 bridgehead atoms. The summed E-state index contributed by atoms with van der Waals surface area (Å²) in [7, 11) is 0. The van der Waals surface area contributed by atoms with Gasteiger partial charge in [-0.3, -0.25) is 0 Å². The highest BCUT2D eigenvalue weighted by Crippen LogP contribution is 2.20. The lowest BCUT2D eigenvalue weighted by Gasteiger charge is -2.09. The van der Waals surface area contributed by atoms with E-state index in [0.717, 1.165) is 5.69 Å². The lowest BCUT2D eigenvalue weighted by Crippen LogP contribution is -2.04. The van der Waals surface area contributed by atoms with Gasteiger partial charge in [-0.25, -0.2) is 14.4 Å². The Labute approximate surface area is 138 Å². The Hall–Kier alpha value is -2.66. The monoisotopic (exact) mass is 328 g/mol. The maximum absolute atomic E-state index is 13.6. The third-order valence-electron chi connectivity index (χ3n) is 3.18. The molecule has 0 fully saturated rings. The van der Waals surface area contributed by atoms with Crippen LogP contribution in [0.4, 0.5) is 21.7 Å². The number of halogens is 2. The fraction of sp³-hybridized carbons (Fsp3) is 0.0588. The molecule has 0 aliphatic carbocycles. The molecule has 1 aromatic heterocycles. The predicted octanol–water partition coefficient (Wildman–Crippen LogP) is 4.62. The second-order valence-electron chi connectivity index (χ2n) is 4.87. The molecule has 2 N–H and O–H groups in total. The molecular weight excluding hydrogens is 315 g/mol. The van der Waals surface area contributed by atoms with Gasteiger partial charge in [-0.1, -0.05) is 35.9 Å². The minimum absolute atomic E-state index is 0.244. The van der Waals surface area contributed by atoms with Gasteiger partial charge >= 0.3 is 0 Å². The summed E-state index contributed by atoms with van der Waals surface area (Å²) in [6.07, 6.45) is 1.44. The lowest BCUT2D eigenvalue weighted by atomic mass is 10.2. The van der Waals surface area contributed by atoms with Gasteiger partial charge < -0.3 is 10.6 Å². The number of nitrogens with one attached hydrogen (secondary N) is 2. The fourth-order valence-corrected chi connectivity index (χ4v) is 2.25. The maximum atomic E-state index is 13.6. The minimum Gasteiger partial charge on any atom is -0.366 e. The summed E-state index contributed by atoms with van der Waals surface area (Å²) in [5.41, 5.74) is 1.41. The Morgan fingerprint density at radius 2 is 1.78 bits per heavy atom. The van der Waals surface area contributed by atoms with Crippen molar-refractivity contribution in [3.05, 3.63) is 77.3 Å². The van der Waals surface area contributed by atoms with E-state index < -0.39 is 0 Å². The van der Waals surface area contributed by atoms with Gasteiger partial charge in [-0.15, -0.1) is 0 Å². The number of benzene rings is 2. The van der Waals surface area contributed by atoms with Crippen LogP contribution in [-0.2, 0) is 6.54 Å². The normalized spacial score (nSPS) is 10.3. The van der Waals surface area contributed by atoms with Crippen molar-refractivity contribution in [2.45, 2.75) is 6.54 Å². The summed E-state index contributed by atoms with van der Waals surface area (Å²) in [5, 5.41) is 6.87. The van der Waals surface area contributed by atoms with Crippen molar-refractivity contribution in [2.75, 3.05) is 10.6 Å². The molecule has 2 aromatic carbocycles. The molecule has 3 rings (SSSR count). The van der Waals surface area contributed by atoms with Crippen molar-refractivity contribution in [1.29, 1.82) is 0 Å². The van der Waals surface area contributed by atoms with Gasteiger partial charge in [0.25, 0.3) is 0 Å². The quantitative estimate of drug-likeness (QED) is 0.717. The van der Waals surface area contributed by atoms with Crippen LogP contribution < -0.4 is 10.6 Å². The van der Waals surface area contributed by atoms with E-state index >= 15 is 0 Å². The second-order valence-corrected chi connectivity index (χ2v) is 5.31. The third kappa shape index (κ3) is 4.17. The maximum Gasteiger partial charge on any atom is 0.135 e. The van der Waals surface area contributed by atoms with Crippen molar-refractivity contribution in [3.8, 4) is 0 Å². The van der Waals surface area contributed by atoms with Gasteiger partial charge in [-0.2, -0.15) is 0 Å². The van der Waals surface area contributed by atoms with E-state index in [-0.39, 0.29) is 5.82 Å². The van der Waals surface area contributed by atoms with Crippen LogP contribution in [0, 0.1) is 5.82 Å². The van der Waals surface area contributed by atoms with Gasteiger partial charge in [0.15, 0.2) is 0 Å². The van der Waals surface area contributed by atoms with Crippen LogP contribution in [0.15, 0.2) is 60.9 Å². The van der Waals surface area contributed by atoms with Crippen LogP contribution in [0.2, 0.25) is 5.02 Å². The summed E-state index contributed by atoms with van der Waals surface area (Å²) in [5.74, 6) is 0.984. The van der Waals surface area contributed by atoms with Crippen LogP contribution in [-0.4, -0.2) is 9.97 Å². The van der Waals surface area contributed by atoms with Crippen molar-refractivity contribution in [3.63, 3.8) is 0 Å². The number of hydrogen-bond acceptors (Lipinski definition) is 4. The highest BCUT2D eigenvalue weighted by atomic mass is 35.5. The molecule has 0 aliphatic rings. The molecule has 0 atom stereocenters. The second kappa shape index (κ2) is 7.07. The third-order valence-corrected chi connectivity index (χ3v) is 3.42. The molecule has 0 aliphatic heterocycles. The van der Waals surface area contributed by atoms with Gasteiger partial charge in [0.1, 0.15) is 23.8 Å². The zero-order valence-electron chi connectivity index (χ0n) is 12.1. The van der Waals surface area contributed by atoms with E-state index in [4.69, 9.17) is 11.6 Å².